The van der Waals surface area contributed by atoms with Gasteiger partial charge >= 0.3 is 6.41 Å². The van der Waals surface area contributed by atoms with E-state index in [2.05, 4.69) is 9.57 Å². The molecule has 0 aliphatic carbocycles. The van der Waals surface area contributed by atoms with Gasteiger partial charge in [-0.25, -0.2) is 0 Å². The summed E-state index contributed by atoms with van der Waals surface area (Å²) >= 11 is 0. The van der Waals surface area contributed by atoms with Crippen LogP contribution in [0.1, 0.15) is 0 Å². The fourth-order valence-corrected chi connectivity index (χ4v) is 0.294. The summed E-state index contributed by atoms with van der Waals surface area (Å²) in [5.41, 5.74) is 0. The molecule has 2 N–H and O–H groups in total. The first-order valence-corrected chi connectivity index (χ1v) is 1.94. The van der Waals surface area contributed by atoms with Gasteiger partial charge in [0.1, 0.15) is 12.5 Å². The van der Waals surface area contributed by atoms with E-state index in [1.54, 1.807) is 0 Å². The molecule has 1 rings (SSSR count). The molecule has 1 heterocycles. The Morgan fingerprint density at radius 1 is 1.50 bits per heavy atom. The van der Waals surface area contributed by atoms with E-state index in [-0.39, 0.29) is 5.23 Å². The Hall–Kier alpha value is -0.780. The van der Waals surface area contributed by atoms with Crippen LogP contribution in [0.5, 0.6) is 0 Å². The van der Waals surface area contributed by atoms with Crippen molar-refractivity contribution in [1.29, 1.82) is 0 Å². The van der Waals surface area contributed by atoms with Crippen molar-refractivity contribution < 1.29 is 19.9 Å². The summed E-state index contributed by atoms with van der Waals surface area (Å²) in [6.45, 7) is 0. The van der Waals surface area contributed by atoms with E-state index in [1.807, 2.05) is 0 Å². The number of hydrogen-bond acceptors (Lipinski definition) is 5. The number of ether oxygens (including phenoxy) is 1. The van der Waals surface area contributed by atoms with Crippen molar-refractivity contribution in [2.75, 3.05) is 0 Å². The molecule has 8 heavy (non-hydrogen) atoms. The molecule has 1 unspecified atom stereocenters. The van der Waals surface area contributed by atoms with Crippen LogP contribution in [0.25, 0.3) is 0 Å². The molecule has 0 aromatic rings. The molecule has 0 amide bonds. The molecule has 46 valence electrons. The normalized spacial score (nSPS) is 29.0. The highest BCUT2D eigenvalue weighted by atomic mass is 16.9. The van der Waals surface area contributed by atoms with E-state index in [1.165, 1.54) is 0 Å². The average molecular weight is 119 g/mol. The molecule has 0 fully saturated rings. The van der Waals surface area contributed by atoms with Gasteiger partial charge in [0, 0.05) is 5.23 Å². The number of aliphatic hydroxyl groups is 1. The fraction of sp³-hybridized carbons (Fsp3) is 0.333. The van der Waals surface area contributed by atoms with Crippen molar-refractivity contribution in [1.82, 2.24) is 5.23 Å². The van der Waals surface area contributed by atoms with Crippen molar-refractivity contribution in [3.8, 4) is 0 Å². The first-order chi connectivity index (χ1) is 3.80. The Balaban J connectivity index is 2.44. The van der Waals surface area contributed by atoms with Gasteiger partial charge < -0.3 is 14.7 Å². The Bertz CT molecular complexity index is 91.5. The lowest BCUT2D eigenvalue weighted by Gasteiger charge is -2.20. The van der Waals surface area contributed by atoms with Crippen LogP contribution in [0.4, 0.5) is 0 Å². The molecule has 0 saturated carbocycles. The molecule has 5 heteroatoms. The number of hydrogen-bond donors (Lipinski definition) is 2. The van der Waals surface area contributed by atoms with Crippen LogP contribution in [0.3, 0.4) is 0 Å². The van der Waals surface area contributed by atoms with Crippen molar-refractivity contribution in [2.45, 2.75) is 6.41 Å². The predicted molar refractivity (Wildman–Crippen MR) is 20.9 cm³/mol. The second kappa shape index (κ2) is 1.99. The molecule has 0 aromatic carbocycles. The lowest BCUT2D eigenvalue weighted by Crippen LogP contribution is -2.34. The molecule has 0 radical (unpaired) electrons. The summed E-state index contributed by atoms with van der Waals surface area (Å²) in [6.07, 6.45) is 0.796. The van der Waals surface area contributed by atoms with E-state index < -0.39 is 6.41 Å². The number of rotatable bonds is 0. The molecular formula is C3H5NO4. The van der Waals surface area contributed by atoms with Crippen LogP contribution in [0.15, 0.2) is 12.5 Å². The van der Waals surface area contributed by atoms with Gasteiger partial charge in [-0.15, -0.1) is 0 Å². The minimum atomic E-state index is -1.42. The predicted octanol–water partition coefficient (Wildman–Crippen LogP) is -0.613. The third-order valence-electron chi connectivity index (χ3n) is 0.614. The van der Waals surface area contributed by atoms with Crippen molar-refractivity contribution >= 4 is 0 Å². The Labute approximate surface area is 45.3 Å². The molecule has 0 aromatic heterocycles. The summed E-state index contributed by atoms with van der Waals surface area (Å²) in [6, 6.07) is 0. The minimum Gasteiger partial charge on any atom is -0.451 e. The maximum absolute atomic E-state index is 8.46. The first-order valence-electron chi connectivity index (χ1n) is 1.94. The summed E-state index contributed by atoms with van der Waals surface area (Å²) in [5, 5.41) is 17.0. The third-order valence-corrected chi connectivity index (χ3v) is 0.614. The average Bonchev–Trinajstić information content (AvgIpc) is 1.77. The maximum Gasteiger partial charge on any atom is 0.316 e. The second-order valence-corrected chi connectivity index (χ2v) is 1.14. The van der Waals surface area contributed by atoms with E-state index in [0.717, 1.165) is 12.5 Å². The highest BCUT2D eigenvalue weighted by molar-refractivity contribution is 4.62. The zero-order chi connectivity index (χ0) is 5.98. The molecule has 0 spiro atoms. The van der Waals surface area contributed by atoms with E-state index in [9.17, 15) is 0 Å². The van der Waals surface area contributed by atoms with Crippen LogP contribution in [-0.2, 0) is 9.57 Å². The monoisotopic (exact) mass is 119 g/mol. The van der Waals surface area contributed by atoms with Crippen molar-refractivity contribution in [3.63, 3.8) is 0 Å². The van der Waals surface area contributed by atoms with Gasteiger partial charge in [-0.3, -0.25) is 5.21 Å². The van der Waals surface area contributed by atoms with Crippen molar-refractivity contribution in [3.05, 3.63) is 12.5 Å². The van der Waals surface area contributed by atoms with Crippen LogP contribution < -0.4 is 0 Å². The zero-order valence-electron chi connectivity index (χ0n) is 3.89. The maximum atomic E-state index is 8.46. The van der Waals surface area contributed by atoms with Gasteiger partial charge in [0.2, 0.25) is 0 Å². The quantitative estimate of drug-likeness (QED) is 0.445. The van der Waals surface area contributed by atoms with Crippen LogP contribution >= 0.6 is 0 Å². The topological polar surface area (TPSA) is 62.2 Å². The highest BCUT2D eigenvalue weighted by Gasteiger charge is 2.15. The molecule has 1 aliphatic heterocycles. The summed E-state index contributed by atoms with van der Waals surface area (Å²) in [4.78, 5) is 4.22. The largest absolute Gasteiger partial charge is 0.451 e. The molecule has 5 nitrogen and oxygen atoms in total. The zero-order valence-corrected chi connectivity index (χ0v) is 3.89. The summed E-state index contributed by atoms with van der Waals surface area (Å²) in [7, 11) is 0. The fourth-order valence-electron chi connectivity index (χ4n) is 0.294. The van der Waals surface area contributed by atoms with E-state index in [0.29, 0.717) is 0 Å². The third kappa shape index (κ3) is 0.890. The molecule has 1 aliphatic rings. The van der Waals surface area contributed by atoms with Gasteiger partial charge in [-0.1, -0.05) is 0 Å². The van der Waals surface area contributed by atoms with Gasteiger partial charge in [-0.2, -0.15) is 0 Å². The van der Waals surface area contributed by atoms with Gasteiger partial charge in [0.15, 0.2) is 0 Å². The van der Waals surface area contributed by atoms with E-state index in [4.69, 9.17) is 10.3 Å². The van der Waals surface area contributed by atoms with Gasteiger partial charge in [-0.05, 0) is 0 Å². The van der Waals surface area contributed by atoms with E-state index >= 15 is 0 Å². The highest BCUT2D eigenvalue weighted by Crippen LogP contribution is 2.01. The molecule has 0 bridgehead atoms. The smallest absolute Gasteiger partial charge is 0.316 e. The lowest BCUT2D eigenvalue weighted by molar-refractivity contribution is -0.431. The Kier molecular flexibility index (Phi) is 1.34. The summed E-state index contributed by atoms with van der Waals surface area (Å²) < 4.78 is 4.32. The number of hydroxylamine groups is 2. The SMILES string of the molecule is OC1OC=CON1O. The van der Waals surface area contributed by atoms with Crippen LogP contribution in [-0.4, -0.2) is 22.0 Å². The second-order valence-electron chi connectivity index (χ2n) is 1.14. The van der Waals surface area contributed by atoms with Gasteiger partial charge in [0.25, 0.3) is 0 Å². The number of nitrogens with zero attached hydrogens (tertiary/aromatic N) is 1. The van der Waals surface area contributed by atoms with Gasteiger partial charge in [0.05, 0.1) is 0 Å². The summed E-state index contributed by atoms with van der Waals surface area (Å²) in [5.74, 6) is 0. The lowest BCUT2D eigenvalue weighted by atomic mass is 11.0. The standard InChI is InChI=1S/C3H5NO4/c5-3-4(6)8-2-1-7-3/h1-3,5-6H. The minimum absolute atomic E-state index is 0.181. The Morgan fingerprint density at radius 3 is 2.62 bits per heavy atom. The number of aliphatic hydroxyl groups excluding tert-OH is 1. The Morgan fingerprint density at radius 2 is 2.25 bits per heavy atom. The van der Waals surface area contributed by atoms with Crippen LogP contribution in [0.2, 0.25) is 0 Å². The van der Waals surface area contributed by atoms with Crippen molar-refractivity contribution in [2.24, 2.45) is 0 Å². The first kappa shape index (κ1) is 5.36. The molecule has 1 atom stereocenters. The molecule has 0 saturated heterocycles. The molecular weight excluding hydrogens is 114 g/mol. The van der Waals surface area contributed by atoms with Crippen LogP contribution in [0, 0.1) is 0 Å².